The van der Waals surface area contributed by atoms with Gasteiger partial charge in [0.2, 0.25) is 5.91 Å². The van der Waals surface area contributed by atoms with Gasteiger partial charge in [-0.15, -0.1) is 0 Å². The molecule has 0 spiro atoms. The summed E-state index contributed by atoms with van der Waals surface area (Å²) in [5, 5.41) is 4.77. The molecular formula is C11H19F3N2O2. The number of alkyl halides is 3. The number of rotatable bonds is 5. The normalized spacial score (nSPS) is 26.6. The largest absolute Gasteiger partial charge is 0.405 e. The van der Waals surface area contributed by atoms with E-state index in [-0.39, 0.29) is 24.1 Å². The highest BCUT2D eigenvalue weighted by Crippen LogP contribution is 2.42. The molecule has 4 nitrogen and oxygen atoms in total. The summed E-state index contributed by atoms with van der Waals surface area (Å²) in [6.45, 7) is 2.59. The van der Waals surface area contributed by atoms with Gasteiger partial charge in [-0.05, 0) is 6.42 Å². The van der Waals surface area contributed by atoms with Gasteiger partial charge in [0.1, 0.15) is 6.54 Å². The molecule has 7 heteroatoms. The van der Waals surface area contributed by atoms with E-state index in [1.807, 2.05) is 19.2 Å². The van der Waals surface area contributed by atoms with Gasteiger partial charge in [0, 0.05) is 18.6 Å². The van der Waals surface area contributed by atoms with Crippen molar-refractivity contribution in [1.82, 2.24) is 10.6 Å². The Kier molecular flexibility index (Phi) is 4.61. The zero-order valence-electron chi connectivity index (χ0n) is 10.7. The van der Waals surface area contributed by atoms with E-state index in [1.165, 1.54) is 0 Å². The number of carbonyl (C=O) groups is 1. The molecule has 18 heavy (non-hydrogen) atoms. The van der Waals surface area contributed by atoms with Crippen LogP contribution in [0.25, 0.3) is 0 Å². The van der Waals surface area contributed by atoms with E-state index in [1.54, 1.807) is 7.11 Å². The molecule has 0 saturated heterocycles. The predicted octanol–water partition coefficient (Wildman–Crippen LogP) is 1.07. The Hall–Kier alpha value is -0.820. The van der Waals surface area contributed by atoms with Crippen LogP contribution in [0.3, 0.4) is 0 Å². The lowest BCUT2D eigenvalue weighted by molar-refractivity contribution is -0.139. The minimum atomic E-state index is -4.37. The fraction of sp³-hybridized carbons (Fsp3) is 0.909. The molecule has 0 radical (unpaired) electrons. The Morgan fingerprint density at radius 2 is 2.06 bits per heavy atom. The van der Waals surface area contributed by atoms with Crippen molar-refractivity contribution in [2.45, 2.75) is 38.6 Å². The van der Waals surface area contributed by atoms with Gasteiger partial charge >= 0.3 is 6.18 Å². The van der Waals surface area contributed by atoms with E-state index >= 15 is 0 Å². The van der Waals surface area contributed by atoms with Crippen LogP contribution in [0, 0.1) is 5.41 Å². The molecule has 0 heterocycles. The number of amides is 1. The first-order valence-corrected chi connectivity index (χ1v) is 5.76. The third-order valence-corrected chi connectivity index (χ3v) is 3.46. The van der Waals surface area contributed by atoms with Gasteiger partial charge in [-0.2, -0.15) is 13.2 Å². The Balaban J connectivity index is 2.24. The maximum absolute atomic E-state index is 11.9. The summed E-state index contributed by atoms with van der Waals surface area (Å²) in [6, 6.07) is 0.0825. The molecule has 0 bridgehead atoms. The summed E-state index contributed by atoms with van der Waals surface area (Å²) in [5.74, 6) is -0.649. The average Bonchev–Trinajstić information content (AvgIpc) is 2.24. The van der Waals surface area contributed by atoms with Crippen LogP contribution in [0.4, 0.5) is 13.2 Å². The molecule has 1 rings (SSSR count). The van der Waals surface area contributed by atoms with Crippen molar-refractivity contribution in [3.63, 3.8) is 0 Å². The third kappa shape index (κ3) is 3.84. The number of hydrogen-bond acceptors (Lipinski definition) is 3. The Bertz CT molecular complexity index is 305. The summed E-state index contributed by atoms with van der Waals surface area (Å²) < 4.78 is 40.8. The first kappa shape index (κ1) is 15.2. The van der Waals surface area contributed by atoms with Crippen LogP contribution in [-0.4, -0.2) is 44.4 Å². The highest BCUT2D eigenvalue weighted by molar-refractivity contribution is 5.78. The number of halogens is 3. The predicted molar refractivity (Wildman–Crippen MR) is 60.1 cm³/mol. The molecular weight excluding hydrogens is 249 g/mol. The van der Waals surface area contributed by atoms with Crippen molar-refractivity contribution < 1.29 is 22.7 Å². The Labute approximate surface area is 104 Å². The van der Waals surface area contributed by atoms with Gasteiger partial charge in [0.15, 0.2) is 0 Å². The van der Waals surface area contributed by atoms with Crippen molar-refractivity contribution in [3.8, 4) is 0 Å². The van der Waals surface area contributed by atoms with Crippen molar-refractivity contribution in [2.75, 3.05) is 20.2 Å². The van der Waals surface area contributed by atoms with Crippen molar-refractivity contribution >= 4 is 5.91 Å². The third-order valence-electron chi connectivity index (χ3n) is 3.46. The summed E-state index contributed by atoms with van der Waals surface area (Å²) in [4.78, 5) is 11.2. The molecule has 1 aliphatic carbocycles. The number of hydrogen-bond donors (Lipinski definition) is 2. The second kappa shape index (κ2) is 5.44. The lowest BCUT2D eigenvalue weighted by Crippen LogP contribution is -2.61. The minimum Gasteiger partial charge on any atom is -0.381 e. The molecule has 2 unspecified atom stereocenters. The molecule has 0 aliphatic heterocycles. The maximum Gasteiger partial charge on any atom is 0.405 e. The van der Waals surface area contributed by atoms with Crippen LogP contribution in [0.5, 0.6) is 0 Å². The van der Waals surface area contributed by atoms with E-state index in [4.69, 9.17) is 4.74 Å². The summed E-state index contributed by atoms with van der Waals surface area (Å²) in [6.07, 6.45) is -3.49. The molecule has 1 saturated carbocycles. The second-order valence-electron chi connectivity index (χ2n) is 5.11. The Morgan fingerprint density at radius 1 is 1.44 bits per heavy atom. The molecule has 1 aliphatic rings. The van der Waals surface area contributed by atoms with Gasteiger partial charge in [-0.25, -0.2) is 0 Å². The molecule has 1 amide bonds. The van der Waals surface area contributed by atoms with Crippen molar-refractivity contribution in [3.05, 3.63) is 0 Å². The van der Waals surface area contributed by atoms with Crippen LogP contribution < -0.4 is 10.6 Å². The number of nitrogens with one attached hydrogen (secondary N) is 2. The van der Waals surface area contributed by atoms with Crippen LogP contribution in [0.15, 0.2) is 0 Å². The SMILES string of the molecule is COC1CC(NCC(=O)NCC(F)(F)F)C1(C)C. The van der Waals surface area contributed by atoms with E-state index in [0.29, 0.717) is 0 Å². The van der Waals surface area contributed by atoms with Crippen LogP contribution in [-0.2, 0) is 9.53 Å². The summed E-state index contributed by atoms with van der Waals surface area (Å²) >= 11 is 0. The fourth-order valence-electron chi connectivity index (χ4n) is 2.11. The zero-order valence-corrected chi connectivity index (χ0v) is 10.7. The second-order valence-corrected chi connectivity index (χ2v) is 5.11. The van der Waals surface area contributed by atoms with Crippen LogP contribution in [0.2, 0.25) is 0 Å². The molecule has 0 aromatic carbocycles. The maximum atomic E-state index is 11.9. The standard InChI is InChI=1S/C11H19F3N2O2/c1-10(2)7(4-8(10)18-3)15-5-9(17)16-6-11(12,13)14/h7-8,15H,4-6H2,1-3H3,(H,16,17). The monoisotopic (exact) mass is 268 g/mol. The number of ether oxygens (including phenoxy) is 1. The minimum absolute atomic E-state index is 0.0825. The summed E-state index contributed by atoms with van der Waals surface area (Å²) in [7, 11) is 1.62. The van der Waals surface area contributed by atoms with E-state index in [2.05, 4.69) is 5.32 Å². The Morgan fingerprint density at radius 3 is 2.50 bits per heavy atom. The van der Waals surface area contributed by atoms with Crippen molar-refractivity contribution in [2.24, 2.45) is 5.41 Å². The molecule has 0 aromatic heterocycles. The first-order valence-electron chi connectivity index (χ1n) is 5.76. The van der Waals surface area contributed by atoms with Gasteiger partial charge < -0.3 is 15.4 Å². The lowest BCUT2D eigenvalue weighted by atomic mass is 9.64. The van der Waals surface area contributed by atoms with Crippen LogP contribution in [0.1, 0.15) is 20.3 Å². The quantitative estimate of drug-likeness (QED) is 0.784. The zero-order chi connectivity index (χ0) is 14.0. The van der Waals surface area contributed by atoms with Gasteiger partial charge in [0.25, 0.3) is 0 Å². The highest BCUT2D eigenvalue weighted by Gasteiger charge is 2.48. The number of carbonyl (C=O) groups excluding carboxylic acids is 1. The van der Waals surface area contributed by atoms with Gasteiger partial charge in [0.05, 0.1) is 12.6 Å². The fourth-order valence-corrected chi connectivity index (χ4v) is 2.11. The van der Waals surface area contributed by atoms with E-state index in [0.717, 1.165) is 6.42 Å². The topological polar surface area (TPSA) is 50.4 Å². The molecule has 106 valence electrons. The molecule has 1 fully saturated rings. The van der Waals surface area contributed by atoms with E-state index in [9.17, 15) is 18.0 Å². The van der Waals surface area contributed by atoms with Gasteiger partial charge in [-0.1, -0.05) is 13.8 Å². The van der Waals surface area contributed by atoms with Gasteiger partial charge in [-0.3, -0.25) is 4.79 Å². The summed E-state index contributed by atoms with van der Waals surface area (Å²) in [5.41, 5.74) is -0.112. The highest BCUT2D eigenvalue weighted by atomic mass is 19.4. The molecule has 0 aromatic rings. The average molecular weight is 268 g/mol. The smallest absolute Gasteiger partial charge is 0.381 e. The van der Waals surface area contributed by atoms with E-state index < -0.39 is 18.6 Å². The molecule has 2 atom stereocenters. The van der Waals surface area contributed by atoms with Crippen LogP contribution >= 0.6 is 0 Å². The van der Waals surface area contributed by atoms with Crippen molar-refractivity contribution in [1.29, 1.82) is 0 Å². The first-order chi connectivity index (χ1) is 8.16. The lowest BCUT2D eigenvalue weighted by Gasteiger charge is -2.51. The molecule has 2 N–H and O–H groups in total. The number of methoxy groups -OCH3 is 1.